The second-order valence-electron chi connectivity index (χ2n) is 5.42. The molecule has 1 aromatic rings. The molecule has 0 radical (unpaired) electrons. The summed E-state index contributed by atoms with van der Waals surface area (Å²) in [6.07, 6.45) is 3.44. The van der Waals surface area contributed by atoms with Crippen LogP contribution in [0.15, 0.2) is 24.3 Å². The van der Waals surface area contributed by atoms with E-state index < -0.39 is 0 Å². The summed E-state index contributed by atoms with van der Waals surface area (Å²) in [5.41, 5.74) is 1.73. The summed E-state index contributed by atoms with van der Waals surface area (Å²) in [5.74, 6) is 0.149. The summed E-state index contributed by atoms with van der Waals surface area (Å²) < 4.78 is 0. The Hall–Kier alpha value is -2.04. The number of benzene rings is 1. The lowest BCUT2D eigenvalue weighted by atomic mass is 10.1. The van der Waals surface area contributed by atoms with E-state index >= 15 is 0 Å². The van der Waals surface area contributed by atoms with E-state index in [0.29, 0.717) is 6.54 Å². The Kier molecular flexibility index (Phi) is 5.20. The van der Waals surface area contributed by atoms with E-state index in [1.807, 2.05) is 29.2 Å². The van der Waals surface area contributed by atoms with Crippen LogP contribution >= 0.6 is 0 Å². The monoisotopic (exact) mass is 289 g/mol. The molecule has 0 aromatic heterocycles. The summed E-state index contributed by atoms with van der Waals surface area (Å²) in [7, 11) is 1.74. The zero-order chi connectivity index (χ0) is 15.2. The molecule has 5 heteroatoms. The highest BCUT2D eigenvalue weighted by Crippen LogP contribution is 2.17. The van der Waals surface area contributed by atoms with Crippen LogP contribution in [0.25, 0.3) is 0 Å². The van der Waals surface area contributed by atoms with Crippen molar-refractivity contribution in [3.05, 3.63) is 24.3 Å². The van der Waals surface area contributed by atoms with Crippen LogP contribution in [0.4, 0.5) is 11.4 Å². The molecule has 0 unspecified atom stereocenters. The first-order chi connectivity index (χ1) is 10.1. The number of nitrogens with one attached hydrogen (secondary N) is 1. The molecule has 0 saturated carbocycles. The van der Waals surface area contributed by atoms with Crippen LogP contribution in [0.3, 0.4) is 0 Å². The maximum absolute atomic E-state index is 12.0. The third kappa shape index (κ3) is 4.21. The van der Waals surface area contributed by atoms with E-state index in [4.69, 9.17) is 0 Å². The number of likely N-dealkylation sites (tertiary alicyclic amines) is 1. The van der Waals surface area contributed by atoms with E-state index in [-0.39, 0.29) is 11.8 Å². The molecule has 0 bridgehead atoms. The lowest BCUT2D eigenvalue weighted by Crippen LogP contribution is -2.39. The topological polar surface area (TPSA) is 52.7 Å². The third-order valence-corrected chi connectivity index (χ3v) is 3.88. The molecule has 114 valence electrons. The molecule has 1 saturated heterocycles. The Morgan fingerprint density at radius 1 is 1.14 bits per heavy atom. The van der Waals surface area contributed by atoms with Crippen molar-refractivity contribution >= 4 is 23.2 Å². The van der Waals surface area contributed by atoms with Crippen LogP contribution in [0.2, 0.25) is 0 Å². The van der Waals surface area contributed by atoms with E-state index in [2.05, 4.69) is 5.32 Å². The lowest BCUT2D eigenvalue weighted by molar-refractivity contribution is -0.130. The zero-order valence-electron chi connectivity index (χ0n) is 12.8. The first kappa shape index (κ1) is 15.4. The minimum absolute atomic E-state index is 0.00372. The molecular weight excluding hydrogens is 266 g/mol. The Bertz CT molecular complexity index is 493. The van der Waals surface area contributed by atoms with Gasteiger partial charge in [-0.3, -0.25) is 9.59 Å². The van der Waals surface area contributed by atoms with Gasteiger partial charge in [-0.25, -0.2) is 0 Å². The minimum atomic E-state index is -0.00372. The molecule has 1 fully saturated rings. The van der Waals surface area contributed by atoms with Crippen molar-refractivity contribution in [3.8, 4) is 0 Å². The SMILES string of the molecule is CC(=O)N(C)c1ccc(NCC(=O)N2CCCCC2)cc1. The van der Waals surface area contributed by atoms with Gasteiger partial charge in [0.05, 0.1) is 6.54 Å². The Morgan fingerprint density at radius 2 is 1.76 bits per heavy atom. The van der Waals surface area contributed by atoms with Crippen molar-refractivity contribution in [1.29, 1.82) is 0 Å². The summed E-state index contributed by atoms with van der Waals surface area (Å²) in [4.78, 5) is 26.8. The second-order valence-corrected chi connectivity index (χ2v) is 5.42. The number of rotatable bonds is 4. The lowest BCUT2D eigenvalue weighted by Gasteiger charge is -2.27. The van der Waals surface area contributed by atoms with Crippen molar-refractivity contribution < 1.29 is 9.59 Å². The molecule has 1 aliphatic rings. The van der Waals surface area contributed by atoms with Crippen LogP contribution in [0.1, 0.15) is 26.2 Å². The van der Waals surface area contributed by atoms with Crippen molar-refractivity contribution in [2.75, 3.05) is 36.9 Å². The van der Waals surface area contributed by atoms with Crippen molar-refractivity contribution in [3.63, 3.8) is 0 Å². The Labute approximate surface area is 125 Å². The summed E-state index contributed by atoms with van der Waals surface area (Å²) in [6, 6.07) is 7.51. The molecule has 5 nitrogen and oxygen atoms in total. The van der Waals surface area contributed by atoms with E-state index in [1.165, 1.54) is 13.3 Å². The van der Waals surface area contributed by atoms with Gasteiger partial charge < -0.3 is 15.1 Å². The maximum atomic E-state index is 12.0. The van der Waals surface area contributed by atoms with Gasteiger partial charge in [-0.1, -0.05) is 0 Å². The fraction of sp³-hybridized carbons (Fsp3) is 0.500. The number of carbonyl (C=O) groups is 2. The molecule has 1 aromatic carbocycles. The number of hydrogen-bond donors (Lipinski definition) is 1. The van der Waals surface area contributed by atoms with Gasteiger partial charge in [-0.05, 0) is 43.5 Å². The summed E-state index contributed by atoms with van der Waals surface area (Å²) >= 11 is 0. The Morgan fingerprint density at radius 3 is 2.33 bits per heavy atom. The maximum Gasteiger partial charge on any atom is 0.241 e. The van der Waals surface area contributed by atoms with E-state index in [0.717, 1.165) is 37.3 Å². The Balaban J connectivity index is 1.85. The molecule has 21 heavy (non-hydrogen) atoms. The number of piperidine rings is 1. The quantitative estimate of drug-likeness (QED) is 0.923. The van der Waals surface area contributed by atoms with Gasteiger partial charge in [0.25, 0.3) is 0 Å². The normalized spacial score (nSPS) is 14.7. The van der Waals surface area contributed by atoms with Crippen molar-refractivity contribution in [1.82, 2.24) is 4.90 Å². The molecule has 2 amide bonds. The summed E-state index contributed by atoms with van der Waals surface area (Å²) in [6.45, 7) is 3.61. The molecule has 2 rings (SSSR count). The van der Waals surface area contributed by atoms with Gasteiger partial charge in [0.15, 0.2) is 0 Å². The van der Waals surface area contributed by atoms with Gasteiger partial charge in [0.2, 0.25) is 11.8 Å². The zero-order valence-corrected chi connectivity index (χ0v) is 12.8. The minimum Gasteiger partial charge on any atom is -0.376 e. The molecule has 0 atom stereocenters. The molecule has 0 aliphatic carbocycles. The van der Waals surface area contributed by atoms with Crippen LogP contribution in [-0.4, -0.2) is 43.4 Å². The number of amides is 2. The van der Waals surface area contributed by atoms with E-state index in [9.17, 15) is 9.59 Å². The number of hydrogen-bond acceptors (Lipinski definition) is 3. The summed E-state index contributed by atoms with van der Waals surface area (Å²) in [5, 5.41) is 3.14. The van der Waals surface area contributed by atoms with Gasteiger partial charge >= 0.3 is 0 Å². The van der Waals surface area contributed by atoms with Crippen molar-refractivity contribution in [2.24, 2.45) is 0 Å². The fourth-order valence-electron chi connectivity index (χ4n) is 2.42. The van der Waals surface area contributed by atoms with Crippen molar-refractivity contribution in [2.45, 2.75) is 26.2 Å². The van der Waals surface area contributed by atoms with Crippen LogP contribution in [-0.2, 0) is 9.59 Å². The molecule has 1 heterocycles. The van der Waals surface area contributed by atoms with Gasteiger partial charge in [-0.15, -0.1) is 0 Å². The predicted octanol–water partition coefficient (Wildman–Crippen LogP) is 2.09. The number of anilines is 2. The smallest absolute Gasteiger partial charge is 0.241 e. The van der Waals surface area contributed by atoms with Crippen LogP contribution in [0.5, 0.6) is 0 Å². The van der Waals surface area contributed by atoms with Gasteiger partial charge in [0.1, 0.15) is 0 Å². The predicted molar refractivity (Wildman–Crippen MR) is 84.4 cm³/mol. The molecule has 1 aliphatic heterocycles. The second kappa shape index (κ2) is 7.11. The highest BCUT2D eigenvalue weighted by Gasteiger charge is 2.15. The van der Waals surface area contributed by atoms with E-state index in [1.54, 1.807) is 11.9 Å². The highest BCUT2D eigenvalue weighted by molar-refractivity contribution is 5.91. The highest BCUT2D eigenvalue weighted by atomic mass is 16.2. The van der Waals surface area contributed by atoms with Crippen LogP contribution in [0, 0.1) is 0 Å². The average molecular weight is 289 g/mol. The van der Waals surface area contributed by atoms with Gasteiger partial charge in [-0.2, -0.15) is 0 Å². The standard InChI is InChI=1S/C16H23N3O2/c1-13(20)18(2)15-8-6-14(7-9-15)17-12-16(21)19-10-4-3-5-11-19/h6-9,17H,3-5,10-12H2,1-2H3. The first-order valence-corrected chi connectivity index (χ1v) is 7.44. The number of carbonyl (C=O) groups excluding carboxylic acids is 2. The molecular formula is C16H23N3O2. The van der Waals surface area contributed by atoms with Crippen LogP contribution < -0.4 is 10.2 Å². The molecule has 0 spiro atoms. The van der Waals surface area contributed by atoms with Gasteiger partial charge in [0, 0.05) is 38.4 Å². The third-order valence-electron chi connectivity index (χ3n) is 3.88. The largest absolute Gasteiger partial charge is 0.376 e. The fourth-order valence-corrected chi connectivity index (χ4v) is 2.42. The number of nitrogens with zero attached hydrogens (tertiary/aromatic N) is 2. The molecule has 1 N–H and O–H groups in total. The first-order valence-electron chi connectivity index (χ1n) is 7.44. The average Bonchev–Trinajstić information content (AvgIpc) is 2.53.